The normalized spacial score (nSPS) is 12.5. The number of nitrogens with zero attached hydrogens (tertiary/aromatic N) is 5. The first kappa shape index (κ1) is 11.6. The second-order valence-electron chi connectivity index (χ2n) is 4.35. The van der Waals surface area contributed by atoms with Crippen LogP contribution in [0.15, 0.2) is 49.1 Å². The number of hydrogen-bond acceptors (Lipinski definition) is 4. The van der Waals surface area contributed by atoms with Gasteiger partial charge in [-0.05, 0) is 12.1 Å². The van der Waals surface area contributed by atoms with Crippen molar-refractivity contribution in [3.8, 4) is 5.69 Å². The largest absolute Gasteiger partial charge is 0.340 e. The molecule has 19 heavy (non-hydrogen) atoms. The van der Waals surface area contributed by atoms with E-state index in [9.17, 15) is 0 Å². The Kier molecular flexibility index (Phi) is 2.85. The smallest absolute Gasteiger partial charge is 0.0947 e. The molecule has 0 radical (unpaired) electrons. The first-order valence-corrected chi connectivity index (χ1v) is 5.95. The van der Waals surface area contributed by atoms with Gasteiger partial charge < -0.3 is 10.3 Å². The van der Waals surface area contributed by atoms with Crippen LogP contribution in [0.5, 0.6) is 0 Å². The van der Waals surface area contributed by atoms with Crippen LogP contribution < -0.4 is 5.73 Å². The summed E-state index contributed by atoms with van der Waals surface area (Å²) in [5.41, 5.74) is 8.77. The standard InChI is InChI=1S/C13H14N6/c1-18-8-11(15-9-18)13(14)12-7-16-17-19(12)10-5-3-2-4-6-10/h2-9,13H,14H2,1H3. The van der Waals surface area contributed by atoms with Crippen LogP contribution in [0, 0.1) is 0 Å². The van der Waals surface area contributed by atoms with Crippen molar-refractivity contribution in [3.63, 3.8) is 0 Å². The third kappa shape index (κ3) is 2.13. The zero-order valence-electron chi connectivity index (χ0n) is 10.5. The molecule has 96 valence electrons. The van der Waals surface area contributed by atoms with Crippen LogP contribution in [0.2, 0.25) is 0 Å². The predicted octanol–water partition coefficient (Wildman–Crippen LogP) is 1.05. The molecule has 0 saturated carbocycles. The Labute approximate surface area is 110 Å². The zero-order valence-corrected chi connectivity index (χ0v) is 10.5. The molecule has 0 aliphatic carbocycles. The Morgan fingerprint density at radius 1 is 1.21 bits per heavy atom. The topological polar surface area (TPSA) is 74.6 Å². The molecule has 1 unspecified atom stereocenters. The molecule has 2 aromatic heterocycles. The van der Waals surface area contributed by atoms with Gasteiger partial charge >= 0.3 is 0 Å². The summed E-state index contributed by atoms with van der Waals surface area (Å²) in [6, 6.07) is 9.43. The first-order valence-electron chi connectivity index (χ1n) is 5.95. The third-order valence-corrected chi connectivity index (χ3v) is 2.94. The number of hydrogen-bond donors (Lipinski definition) is 1. The van der Waals surface area contributed by atoms with Gasteiger partial charge in [0.25, 0.3) is 0 Å². The Balaban J connectivity index is 2.01. The van der Waals surface area contributed by atoms with Gasteiger partial charge in [0.1, 0.15) is 0 Å². The highest BCUT2D eigenvalue weighted by Crippen LogP contribution is 2.19. The highest BCUT2D eigenvalue weighted by atomic mass is 15.4. The molecule has 6 nitrogen and oxygen atoms in total. The highest BCUT2D eigenvalue weighted by molar-refractivity contribution is 5.33. The minimum Gasteiger partial charge on any atom is -0.340 e. The number of aryl methyl sites for hydroxylation is 1. The van der Waals surface area contributed by atoms with Crippen molar-refractivity contribution < 1.29 is 0 Å². The fourth-order valence-electron chi connectivity index (χ4n) is 1.97. The van der Waals surface area contributed by atoms with Gasteiger partial charge in [0.05, 0.1) is 35.6 Å². The van der Waals surface area contributed by atoms with Crippen LogP contribution in [0.4, 0.5) is 0 Å². The summed E-state index contributed by atoms with van der Waals surface area (Å²) in [5.74, 6) is 0. The molecule has 3 rings (SSSR count). The van der Waals surface area contributed by atoms with E-state index in [1.807, 2.05) is 48.1 Å². The molecule has 0 bridgehead atoms. The zero-order chi connectivity index (χ0) is 13.2. The van der Waals surface area contributed by atoms with E-state index in [1.165, 1.54) is 0 Å². The molecule has 1 atom stereocenters. The summed E-state index contributed by atoms with van der Waals surface area (Å²) in [5, 5.41) is 8.04. The van der Waals surface area contributed by atoms with E-state index in [1.54, 1.807) is 17.2 Å². The fraction of sp³-hybridized carbons (Fsp3) is 0.154. The van der Waals surface area contributed by atoms with Crippen LogP contribution in [0.3, 0.4) is 0 Å². The Hall–Kier alpha value is -2.47. The van der Waals surface area contributed by atoms with Gasteiger partial charge in [0.15, 0.2) is 0 Å². The van der Waals surface area contributed by atoms with Gasteiger partial charge in [-0.25, -0.2) is 9.67 Å². The van der Waals surface area contributed by atoms with Crippen LogP contribution in [-0.2, 0) is 7.05 Å². The van der Waals surface area contributed by atoms with Gasteiger partial charge in [0, 0.05) is 13.2 Å². The number of aromatic nitrogens is 5. The molecule has 2 N–H and O–H groups in total. The minimum absolute atomic E-state index is 0.351. The van der Waals surface area contributed by atoms with Crippen molar-refractivity contribution in [1.82, 2.24) is 24.5 Å². The van der Waals surface area contributed by atoms with Crippen molar-refractivity contribution in [2.45, 2.75) is 6.04 Å². The second kappa shape index (κ2) is 4.66. The summed E-state index contributed by atoms with van der Waals surface area (Å²) in [4.78, 5) is 4.28. The van der Waals surface area contributed by atoms with E-state index in [4.69, 9.17) is 5.73 Å². The van der Waals surface area contributed by atoms with Crippen molar-refractivity contribution in [3.05, 3.63) is 60.4 Å². The average Bonchev–Trinajstić information content (AvgIpc) is 3.07. The number of rotatable bonds is 3. The third-order valence-electron chi connectivity index (χ3n) is 2.94. The molecule has 2 heterocycles. The molecule has 0 spiro atoms. The molecular weight excluding hydrogens is 240 g/mol. The monoisotopic (exact) mass is 254 g/mol. The SMILES string of the molecule is Cn1cnc(C(N)c2cnnn2-c2ccccc2)c1. The second-order valence-corrected chi connectivity index (χ2v) is 4.35. The van der Waals surface area contributed by atoms with E-state index in [2.05, 4.69) is 15.3 Å². The fourth-order valence-corrected chi connectivity index (χ4v) is 1.97. The summed E-state index contributed by atoms with van der Waals surface area (Å²) < 4.78 is 3.60. The van der Waals surface area contributed by atoms with E-state index in [0.29, 0.717) is 0 Å². The molecule has 0 fully saturated rings. The molecule has 0 saturated heterocycles. The molecule has 6 heteroatoms. The van der Waals surface area contributed by atoms with Gasteiger partial charge in [-0.15, -0.1) is 5.10 Å². The Morgan fingerprint density at radius 3 is 2.68 bits per heavy atom. The van der Waals surface area contributed by atoms with Gasteiger partial charge in [-0.1, -0.05) is 23.4 Å². The summed E-state index contributed by atoms with van der Waals surface area (Å²) >= 11 is 0. The summed E-state index contributed by atoms with van der Waals surface area (Å²) in [6.07, 6.45) is 5.30. The number of benzene rings is 1. The van der Waals surface area contributed by atoms with E-state index in [-0.39, 0.29) is 6.04 Å². The Bertz CT molecular complexity index is 669. The number of para-hydroxylation sites is 1. The Morgan fingerprint density at radius 2 is 2.00 bits per heavy atom. The maximum atomic E-state index is 6.24. The number of imidazole rings is 1. The lowest BCUT2D eigenvalue weighted by molar-refractivity contribution is 0.709. The van der Waals surface area contributed by atoms with Crippen LogP contribution in [-0.4, -0.2) is 24.5 Å². The van der Waals surface area contributed by atoms with E-state index in [0.717, 1.165) is 17.1 Å². The van der Waals surface area contributed by atoms with Gasteiger partial charge in [0.2, 0.25) is 0 Å². The van der Waals surface area contributed by atoms with Crippen LogP contribution in [0.25, 0.3) is 5.69 Å². The molecule has 0 aliphatic heterocycles. The summed E-state index contributed by atoms with van der Waals surface area (Å²) in [7, 11) is 1.91. The molecule has 0 amide bonds. The van der Waals surface area contributed by atoms with Crippen molar-refractivity contribution >= 4 is 0 Å². The van der Waals surface area contributed by atoms with Crippen LogP contribution >= 0.6 is 0 Å². The van der Waals surface area contributed by atoms with Crippen LogP contribution in [0.1, 0.15) is 17.4 Å². The van der Waals surface area contributed by atoms with E-state index >= 15 is 0 Å². The summed E-state index contributed by atoms with van der Waals surface area (Å²) in [6.45, 7) is 0. The first-order chi connectivity index (χ1) is 9.25. The van der Waals surface area contributed by atoms with E-state index < -0.39 is 0 Å². The highest BCUT2D eigenvalue weighted by Gasteiger charge is 2.17. The lowest BCUT2D eigenvalue weighted by Gasteiger charge is -2.11. The average molecular weight is 254 g/mol. The van der Waals surface area contributed by atoms with Crippen molar-refractivity contribution in [2.24, 2.45) is 12.8 Å². The molecule has 0 aliphatic rings. The maximum Gasteiger partial charge on any atom is 0.0947 e. The van der Waals surface area contributed by atoms with Gasteiger partial charge in [-0.2, -0.15) is 0 Å². The maximum absolute atomic E-state index is 6.24. The molecule has 1 aromatic carbocycles. The molecular formula is C13H14N6. The lowest BCUT2D eigenvalue weighted by Crippen LogP contribution is -2.17. The van der Waals surface area contributed by atoms with Crippen molar-refractivity contribution in [2.75, 3.05) is 0 Å². The quantitative estimate of drug-likeness (QED) is 0.758. The molecule has 3 aromatic rings. The lowest BCUT2D eigenvalue weighted by atomic mass is 10.1. The minimum atomic E-state index is -0.351. The van der Waals surface area contributed by atoms with Gasteiger partial charge in [-0.3, -0.25) is 0 Å². The van der Waals surface area contributed by atoms with Crippen molar-refractivity contribution in [1.29, 1.82) is 0 Å². The number of nitrogens with two attached hydrogens (primary N) is 1. The predicted molar refractivity (Wildman–Crippen MR) is 70.6 cm³/mol.